The first kappa shape index (κ1) is 9.02. The molecule has 72 valence electrons. The van der Waals surface area contributed by atoms with Crippen LogP contribution < -0.4 is 0 Å². The number of fused-ring (bicyclic) bond motifs is 1. The van der Waals surface area contributed by atoms with E-state index < -0.39 is 5.97 Å². The molecule has 14 heavy (non-hydrogen) atoms. The summed E-state index contributed by atoms with van der Waals surface area (Å²) in [5.41, 5.74) is 1.06. The molecule has 1 aromatic carbocycles. The highest BCUT2D eigenvalue weighted by molar-refractivity contribution is 7.20. The zero-order valence-electron chi connectivity index (χ0n) is 7.44. The fourth-order valence-electron chi connectivity index (χ4n) is 1.35. The first-order chi connectivity index (χ1) is 6.59. The number of hydrogen-bond donors (Lipinski definition) is 2. The van der Waals surface area contributed by atoms with Gasteiger partial charge in [-0.05, 0) is 24.4 Å². The van der Waals surface area contributed by atoms with Gasteiger partial charge in [-0.3, -0.25) is 0 Å². The number of carboxylic acid groups (broad SMARTS) is 1. The normalized spacial score (nSPS) is 10.6. The Morgan fingerprint density at radius 3 is 2.79 bits per heavy atom. The van der Waals surface area contributed by atoms with Crippen LogP contribution in [0.25, 0.3) is 10.1 Å². The second-order valence-electron chi connectivity index (χ2n) is 3.05. The van der Waals surface area contributed by atoms with Crippen LogP contribution in [-0.4, -0.2) is 16.2 Å². The molecule has 1 aromatic heterocycles. The molecule has 0 bridgehead atoms. The maximum atomic E-state index is 10.7. The fourth-order valence-corrected chi connectivity index (χ4v) is 2.33. The van der Waals surface area contributed by atoms with Gasteiger partial charge in [-0.1, -0.05) is 17.4 Å². The van der Waals surface area contributed by atoms with Gasteiger partial charge < -0.3 is 10.2 Å². The Morgan fingerprint density at radius 1 is 1.43 bits per heavy atom. The minimum Gasteiger partial charge on any atom is -0.499 e. The van der Waals surface area contributed by atoms with E-state index in [0.29, 0.717) is 0 Å². The Labute approximate surface area is 84.2 Å². The highest BCUT2D eigenvalue weighted by Gasteiger charge is 2.09. The van der Waals surface area contributed by atoms with Gasteiger partial charge in [-0.2, -0.15) is 0 Å². The van der Waals surface area contributed by atoms with E-state index in [-0.39, 0.29) is 10.6 Å². The van der Waals surface area contributed by atoms with Crippen molar-refractivity contribution < 1.29 is 15.0 Å². The molecule has 0 spiro atoms. The lowest BCUT2D eigenvalue weighted by atomic mass is 10.1. The van der Waals surface area contributed by atoms with Gasteiger partial charge in [-0.25, -0.2) is 4.79 Å². The zero-order chi connectivity index (χ0) is 10.3. The Hall–Kier alpha value is -1.55. The third kappa shape index (κ3) is 1.24. The summed E-state index contributed by atoms with van der Waals surface area (Å²) in [5, 5.41) is 19.4. The van der Waals surface area contributed by atoms with Crippen molar-refractivity contribution in [3.05, 3.63) is 29.3 Å². The summed E-state index contributed by atoms with van der Waals surface area (Å²) in [5.74, 6) is -0.947. The number of thiophene rings is 1. The number of carbonyl (C=O) groups is 1. The van der Waals surface area contributed by atoms with Crippen molar-refractivity contribution in [2.45, 2.75) is 6.92 Å². The van der Waals surface area contributed by atoms with Crippen LogP contribution in [0.15, 0.2) is 18.2 Å². The Morgan fingerprint density at radius 2 is 2.14 bits per heavy atom. The maximum absolute atomic E-state index is 10.7. The molecule has 0 amide bonds. The van der Waals surface area contributed by atoms with E-state index in [9.17, 15) is 9.90 Å². The molecule has 4 heteroatoms. The molecular formula is C10H8O3S. The van der Waals surface area contributed by atoms with E-state index in [4.69, 9.17) is 5.11 Å². The quantitative estimate of drug-likeness (QED) is 0.757. The molecule has 0 saturated heterocycles. The van der Waals surface area contributed by atoms with Crippen molar-refractivity contribution in [3.63, 3.8) is 0 Å². The molecule has 0 saturated carbocycles. The maximum Gasteiger partial charge on any atom is 0.335 e. The van der Waals surface area contributed by atoms with Crippen molar-refractivity contribution in [3.8, 4) is 5.06 Å². The van der Waals surface area contributed by atoms with Gasteiger partial charge in [0.25, 0.3) is 0 Å². The van der Waals surface area contributed by atoms with E-state index in [1.54, 1.807) is 18.2 Å². The summed E-state index contributed by atoms with van der Waals surface area (Å²) in [6.45, 7) is 1.81. The van der Waals surface area contributed by atoms with Crippen LogP contribution in [0, 0.1) is 6.92 Å². The lowest BCUT2D eigenvalue weighted by Crippen LogP contribution is -1.94. The topological polar surface area (TPSA) is 57.5 Å². The molecule has 0 aliphatic carbocycles. The molecule has 2 rings (SSSR count). The summed E-state index contributed by atoms with van der Waals surface area (Å²) in [4.78, 5) is 10.7. The van der Waals surface area contributed by atoms with Crippen molar-refractivity contribution in [1.82, 2.24) is 0 Å². The summed E-state index contributed by atoms with van der Waals surface area (Å²) in [6, 6.07) is 4.85. The molecule has 0 unspecified atom stereocenters. The molecule has 0 atom stereocenters. The average Bonchev–Trinajstić information content (AvgIpc) is 2.42. The predicted octanol–water partition coefficient (Wildman–Crippen LogP) is 2.61. The molecule has 3 nitrogen and oxygen atoms in total. The standard InChI is InChI=1S/C10H8O3S/c1-5-7-3-2-6(9(11)12)4-8(7)14-10(5)13/h2-4,13H,1H3,(H,11,12). The monoisotopic (exact) mass is 208 g/mol. The van der Waals surface area contributed by atoms with E-state index in [0.717, 1.165) is 15.6 Å². The first-order valence-corrected chi connectivity index (χ1v) is 4.86. The fraction of sp³-hybridized carbons (Fsp3) is 0.100. The van der Waals surface area contributed by atoms with Gasteiger partial charge >= 0.3 is 5.97 Å². The molecule has 2 N–H and O–H groups in total. The number of rotatable bonds is 1. The second-order valence-corrected chi connectivity index (χ2v) is 4.08. The molecule has 0 aliphatic rings. The number of aromatic carboxylic acids is 1. The Kier molecular flexibility index (Phi) is 1.93. The van der Waals surface area contributed by atoms with Crippen LogP contribution >= 0.6 is 11.3 Å². The molecule has 2 aromatic rings. The number of benzene rings is 1. The average molecular weight is 208 g/mol. The number of hydrogen-bond acceptors (Lipinski definition) is 3. The minimum atomic E-state index is -0.947. The van der Waals surface area contributed by atoms with E-state index in [2.05, 4.69) is 0 Å². The van der Waals surface area contributed by atoms with Crippen LogP contribution in [-0.2, 0) is 0 Å². The van der Waals surface area contributed by atoms with Crippen molar-refractivity contribution in [1.29, 1.82) is 0 Å². The van der Waals surface area contributed by atoms with Gasteiger partial charge in [0.1, 0.15) is 0 Å². The van der Waals surface area contributed by atoms with Crippen molar-refractivity contribution in [2.75, 3.05) is 0 Å². The van der Waals surface area contributed by atoms with Gasteiger partial charge in [0.05, 0.1) is 5.56 Å². The molecule has 1 heterocycles. The number of aryl methyl sites for hydroxylation is 1. The van der Waals surface area contributed by atoms with Gasteiger partial charge in [0.2, 0.25) is 0 Å². The van der Waals surface area contributed by atoms with Crippen molar-refractivity contribution >= 4 is 27.4 Å². The van der Waals surface area contributed by atoms with E-state index >= 15 is 0 Å². The van der Waals surface area contributed by atoms with Gasteiger partial charge in [0.15, 0.2) is 5.06 Å². The summed E-state index contributed by atoms with van der Waals surface area (Å²) >= 11 is 1.20. The van der Waals surface area contributed by atoms with Crippen LogP contribution in [0.4, 0.5) is 0 Å². The molecule has 0 fully saturated rings. The summed E-state index contributed by atoms with van der Waals surface area (Å²) in [7, 11) is 0. The highest BCUT2D eigenvalue weighted by Crippen LogP contribution is 2.36. The van der Waals surface area contributed by atoms with Crippen LogP contribution in [0.2, 0.25) is 0 Å². The third-order valence-electron chi connectivity index (χ3n) is 2.16. The van der Waals surface area contributed by atoms with Crippen LogP contribution in [0.5, 0.6) is 5.06 Å². The lowest BCUT2D eigenvalue weighted by molar-refractivity contribution is 0.0697. The Bertz CT molecular complexity index is 513. The molecule has 0 radical (unpaired) electrons. The largest absolute Gasteiger partial charge is 0.499 e. The molecule has 0 aliphatic heterocycles. The lowest BCUT2D eigenvalue weighted by Gasteiger charge is -1.94. The number of aromatic hydroxyl groups is 1. The van der Waals surface area contributed by atoms with Gasteiger partial charge in [-0.15, -0.1) is 0 Å². The van der Waals surface area contributed by atoms with Gasteiger partial charge in [0, 0.05) is 10.3 Å². The summed E-state index contributed by atoms with van der Waals surface area (Å²) in [6.07, 6.45) is 0. The predicted molar refractivity (Wildman–Crippen MR) is 55.2 cm³/mol. The Balaban J connectivity index is 2.73. The second kappa shape index (κ2) is 2.99. The smallest absolute Gasteiger partial charge is 0.335 e. The first-order valence-electron chi connectivity index (χ1n) is 4.05. The summed E-state index contributed by atoms with van der Waals surface area (Å²) < 4.78 is 0.805. The van der Waals surface area contributed by atoms with Crippen LogP contribution in [0.1, 0.15) is 15.9 Å². The van der Waals surface area contributed by atoms with E-state index in [1.165, 1.54) is 11.3 Å². The molecular weight excluding hydrogens is 200 g/mol. The third-order valence-corrected chi connectivity index (χ3v) is 3.22. The highest BCUT2D eigenvalue weighted by atomic mass is 32.1. The zero-order valence-corrected chi connectivity index (χ0v) is 8.26. The van der Waals surface area contributed by atoms with Crippen molar-refractivity contribution in [2.24, 2.45) is 0 Å². The SMILES string of the molecule is Cc1c(O)sc2cc(C(=O)O)ccc12. The number of carboxylic acids is 1. The van der Waals surface area contributed by atoms with Crippen LogP contribution in [0.3, 0.4) is 0 Å². The van der Waals surface area contributed by atoms with E-state index in [1.807, 2.05) is 6.92 Å². The minimum absolute atomic E-state index is 0.249.